The first-order valence-corrected chi connectivity index (χ1v) is 8.85. The molecular formula is C19H20N6O. The van der Waals surface area contributed by atoms with E-state index in [4.69, 9.17) is 0 Å². The Balaban J connectivity index is 1.57. The van der Waals surface area contributed by atoms with E-state index < -0.39 is 0 Å². The molecule has 5 rings (SSSR count). The van der Waals surface area contributed by atoms with Gasteiger partial charge in [0.25, 0.3) is 0 Å². The fourth-order valence-corrected chi connectivity index (χ4v) is 4.32. The molecule has 3 N–H and O–H groups in total. The fourth-order valence-electron chi connectivity index (χ4n) is 4.32. The second kappa shape index (κ2) is 5.89. The van der Waals surface area contributed by atoms with Gasteiger partial charge in [-0.05, 0) is 23.3 Å². The van der Waals surface area contributed by atoms with E-state index in [0.29, 0.717) is 6.42 Å². The molecule has 0 saturated carbocycles. The van der Waals surface area contributed by atoms with Crippen molar-refractivity contribution in [2.45, 2.75) is 24.5 Å². The molecule has 1 amide bonds. The summed E-state index contributed by atoms with van der Waals surface area (Å²) in [6.45, 7) is 0. The minimum Gasteiger partial charge on any atom is -0.339 e. The number of carbonyl (C=O) groups excluding carboxylic acids is 1. The van der Waals surface area contributed by atoms with Crippen molar-refractivity contribution < 1.29 is 4.79 Å². The van der Waals surface area contributed by atoms with Crippen LogP contribution in [0.3, 0.4) is 0 Å². The molecule has 2 aromatic carbocycles. The van der Waals surface area contributed by atoms with Gasteiger partial charge in [0.15, 0.2) is 0 Å². The highest BCUT2D eigenvalue weighted by atomic mass is 16.2. The summed E-state index contributed by atoms with van der Waals surface area (Å²) in [6.07, 6.45) is 0.378. The average Bonchev–Trinajstić information content (AvgIpc) is 3.25. The smallest absolute Gasteiger partial charge is 0.221 e. The van der Waals surface area contributed by atoms with Gasteiger partial charge in [-0.2, -0.15) is 0 Å². The van der Waals surface area contributed by atoms with Gasteiger partial charge >= 0.3 is 0 Å². The maximum absolute atomic E-state index is 12.3. The lowest BCUT2D eigenvalue weighted by Crippen LogP contribution is -2.52. The molecule has 132 valence electrons. The minimum atomic E-state index is -0.0935. The largest absolute Gasteiger partial charge is 0.339 e. The van der Waals surface area contributed by atoms with Crippen molar-refractivity contribution >= 4 is 16.9 Å². The minimum absolute atomic E-state index is 0.0681. The van der Waals surface area contributed by atoms with Gasteiger partial charge in [-0.1, -0.05) is 41.6 Å². The molecule has 3 aromatic rings. The van der Waals surface area contributed by atoms with Gasteiger partial charge in [0.2, 0.25) is 5.91 Å². The Morgan fingerprint density at radius 3 is 2.77 bits per heavy atom. The summed E-state index contributed by atoms with van der Waals surface area (Å²) in [5.74, 6) is 0.385. The molecule has 4 unspecified atom stereocenters. The number of nitrogens with one attached hydrogen (secondary N) is 3. The van der Waals surface area contributed by atoms with Crippen molar-refractivity contribution in [2.75, 3.05) is 0 Å². The van der Waals surface area contributed by atoms with Crippen molar-refractivity contribution in [3.05, 3.63) is 59.7 Å². The SMILES string of the molecule is Cn1nnc2cc(C3CC(=O)NC4NNC(c5ccccc5)C43)ccc21. The number of fused-ring (bicyclic) bond motifs is 2. The molecule has 26 heavy (non-hydrogen) atoms. The van der Waals surface area contributed by atoms with Crippen LogP contribution < -0.4 is 16.2 Å². The van der Waals surface area contributed by atoms with E-state index in [2.05, 4.69) is 50.7 Å². The van der Waals surface area contributed by atoms with Crippen molar-refractivity contribution in [1.82, 2.24) is 31.2 Å². The monoisotopic (exact) mass is 348 g/mol. The maximum Gasteiger partial charge on any atom is 0.221 e. The predicted molar refractivity (Wildman–Crippen MR) is 96.7 cm³/mol. The number of hydrazine groups is 1. The lowest BCUT2D eigenvalue weighted by molar-refractivity contribution is -0.125. The zero-order chi connectivity index (χ0) is 17.7. The molecule has 0 radical (unpaired) electrons. The van der Waals surface area contributed by atoms with Crippen LogP contribution in [0.2, 0.25) is 0 Å². The molecule has 2 saturated heterocycles. The van der Waals surface area contributed by atoms with E-state index in [0.717, 1.165) is 16.6 Å². The Bertz CT molecular complexity index is 969. The number of aryl methyl sites for hydroxylation is 1. The van der Waals surface area contributed by atoms with Crippen molar-refractivity contribution in [3.8, 4) is 0 Å². The predicted octanol–water partition coefficient (Wildman–Crippen LogP) is 1.36. The summed E-state index contributed by atoms with van der Waals surface area (Å²) in [7, 11) is 1.88. The maximum atomic E-state index is 12.3. The first-order chi connectivity index (χ1) is 12.7. The first-order valence-electron chi connectivity index (χ1n) is 8.85. The number of carbonyl (C=O) groups is 1. The van der Waals surface area contributed by atoms with E-state index >= 15 is 0 Å². The molecule has 7 heteroatoms. The number of amides is 1. The molecule has 0 aliphatic carbocycles. The van der Waals surface area contributed by atoms with Crippen LogP contribution in [0.15, 0.2) is 48.5 Å². The average molecular weight is 348 g/mol. The summed E-state index contributed by atoms with van der Waals surface area (Å²) < 4.78 is 1.76. The van der Waals surface area contributed by atoms with Crippen LogP contribution in [0.25, 0.3) is 11.0 Å². The number of rotatable bonds is 2. The van der Waals surface area contributed by atoms with E-state index in [1.165, 1.54) is 5.56 Å². The molecular weight excluding hydrogens is 328 g/mol. The standard InChI is InChI=1S/C19H20N6O/c1-25-15-8-7-12(9-14(15)21-24-25)13-10-16(26)20-19-17(13)18(22-23-19)11-5-3-2-4-6-11/h2-9,13,17-19,22-23H,10H2,1H3,(H,20,26). The topological polar surface area (TPSA) is 83.9 Å². The van der Waals surface area contributed by atoms with Gasteiger partial charge < -0.3 is 5.32 Å². The van der Waals surface area contributed by atoms with Crippen LogP contribution in [-0.4, -0.2) is 27.1 Å². The van der Waals surface area contributed by atoms with Gasteiger partial charge in [-0.15, -0.1) is 5.10 Å². The number of hydrogen-bond donors (Lipinski definition) is 3. The van der Waals surface area contributed by atoms with Gasteiger partial charge in [0.05, 0.1) is 17.7 Å². The van der Waals surface area contributed by atoms with Crippen molar-refractivity contribution in [1.29, 1.82) is 0 Å². The van der Waals surface area contributed by atoms with Crippen molar-refractivity contribution in [3.63, 3.8) is 0 Å². The number of nitrogens with zero attached hydrogens (tertiary/aromatic N) is 3. The fraction of sp³-hybridized carbons (Fsp3) is 0.316. The third kappa shape index (κ3) is 2.40. The van der Waals surface area contributed by atoms with E-state index in [9.17, 15) is 4.79 Å². The molecule has 2 fully saturated rings. The molecule has 1 aromatic heterocycles. The van der Waals surface area contributed by atoms with Crippen LogP contribution in [0.5, 0.6) is 0 Å². The molecule has 7 nitrogen and oxygen atoms in total. The number of hydrogen-bond acceptors (Lipinski definition) is 5. The van der Waals surface area contributed by atoms with Crippen LogP contribution in [-0.2, 0) is 11.8 Å². The summed E-state index contributed by atoms with van der Waals surface area (Å²) in [5, 5.41) is 11.4. The van der Waals surface area contributed by atoms with E-state index in [1.54, 1.807) is 4.68 Å². The molecule has 4 atom stereocenters. The van der Waals surface area contributed by atoms with Crippen LogP contribution in [0.1, 0.15) is 29.5 Å². The van der Waals surface area contributed by atoms with Gasteiger partial charge in [0.1, 0.15) is 5.52 Å². The Morgan fingerprint density at radius 1 is 1.08 bits per heavy atom. The Hall–Kier alpha value is -2.77. The second-order valence-corrected chi connectivity index (χ2v) is 7.07. The second-order valence-electron chi connectivity index (χ2n) is 7.07. The zero-order valence-electron chi connectivity index (χ0n) is 14.4. The van der Waals surface area contributed by atoms with E-state index in [-0.39, 0.29) is 30.0 Å². The Morgan fingerprint density at radius 2 is 1.92 bits per heavy atom. The Labute approximate surface area is 150 Å². The summed E-state index contributed by atoms with van der Waals surface area (Å²) in [5.41, 5.74) is 10.9. The van der Waals surface area contributed by atoms with Crippen molar-refractivity contribution in [2.24, 2.45) is 13.0 Å². The van der Waals surface area contributed by atoms with E-state index in [1.807, 2.05) is 31.3 Å². The van der Waals surface area contributed by atoms with Crippen LogP contribution in [0, 0.1) is 5.92 Å². The number of benzene rings is 2. The van der Waals surface area contributed by atoms with Crippen LogP contribution >= 0.6 is 0 Å². The molecule has 2 aliphatic heterocycles. The molecule has 0 spiro atoms. The van der Waals surface area contributed by atoms with Gasteiger partial charge in [-0.25, -0.2) is 15.5 Å². The molecule has 3 heterocycles. The summed E-state index contributed by atoms with van der Waals surface area (Å²) in [6, 6.07) is 16.7. The van der Waals surface area contributed by atoms with Gasteiger partial charge in [-0.3, -0.25) is 4.79 Å². The lowest BCUT2D eigenvalue weighted by Gasteiger charge is -2.36. The van der Waals surface area contributed by atoms with Crippen LogP contribution in [0.4, 0.5) is 0 Å². The summed E-state index contributed by atoms with van der Waals surface area (Å²) >= 11 is 0. The lowest BCUT2D eigenvalue weighted by atomic mass is 9.74. The highest BCUT2D eigenvalue weighted by Gasteiger charge is 2.46. The number of piperidine rings is 1. The molecule has 0 bridgehead atoms. The third-order valence-electron chi connectivity index (χ3n) is 5.57. The highest BCUT2D eigenvalue weighted by Crippen LogP contribution is 2.43. The highest BCUT2D eigenvalue weighted by molar-refractivity contribution is 5.80. The third-order valence-corrected chi connectivity index (χ3v) is 5.57. The zero-order valence-corrected chi connectivity index (χ0v) is 14.4. The molecule has 2 aliphatic rings. The number of aromatic nitrogens is 3. The first kappa shape index (κ1) is 15.5. The quantitative estimate of drug-likeness (QED) is 0.651. The summed E-state index contributed by atoms with van der Waals surface area (Å²) in [4.78, 5) is 12.3. The Kier molecular flexibility index (Phi) is 3.51. The van der Waals surface area contributed by atoms with Gasteiger partial charge in [0, 0.05) is 25.3 Å². The normalized spacial score (nSPS) is 28.1.